The lowest BCUT2D eigenvalue weighted by Gasteiger charge is -1.92. The Morgan fingerprint density at radius 2 is 2.08 bits per heavy atom. The average molecular weight is 217 g/mol. The molecule has 1 heterocycles. The van der Waals surface area contributed by atoms with Crippen molar-refractivity contribution in [2.24, 2.45) is 0 Å². The number of Topliss-reactive ketones (excluding diaryl/α,β-unsaturated/α-hetero) is 1. The summed E-state index contributed by atoms with van der Waals surface area (Å²) in [5.41, 5.74) is 0. The molecule has 0 fully saturated rings. The van der Waals surface area contributed by atoms with E-state index in [9.17, 15) is 9.59 Å². The van der Waals surface area contributed by atoms with E-state index in [-0.39, 0.29) is 18.6 Å². The summed E-state index contributed by atoms with van der Waals surface area (Å²) in [7, 11) is 0. The van der Waals surface area contributed by atoms with Gasteiger partial charge in [0.25, 0.3) is 0 Å². The third-order valence-electron chi connectivity index (χ3n) is 1.56. The number of rotatable bonds is 4. The van der Waals surface area contributed by atoms with Gasteiger partial charge in [0, 0.05) is 17.7 Å². The molecule has 0 saturated heterocycles. The van der Waals surface area contributed by atoms with Gasteiger partial charge in [0.2, 0.25) is 5.24 Å². The summed E-state index contributed by atoms with van der Waals surface area (Å²) in [5, 5.41) is -0.457. The first-order valence-corrected chi connectivity index (χ1v) is 5.07. The van der Waals surface area contributed by atoms with Crippen LogP contribution in [0.25, 0.3) is 0 Å². The largest absolute Gasteiger partial charge is 0.293 e. The number of carbonyl (C=O) groups is 2. The number of aryl methyl sites for hydroxylation is 1. The van der Waals surface area contributed by atoms with Crippen LogP contribution in [-0.2, 0) is 4.79 Å². The van der Waals surface area contributed by atoms with Crippen molar-refractivity contribution in [2.75, 3.05) is 0 Å². The average Bonchev–Trinajstić information content (AvgIpc) is 2.47. The maximum Gasteiger partial charge on any atom is 0.222 e. The first-order chi connectivity index (χ1) is 6.09. The van der Waals surface area contributed by atoms with E-state index in [4.69, 9.17) is 11.6 Å². The predicted octanol–water partition coefficient (Wildman–Crippen LogP) is 2.78. The van der Waals surface area contributed by atoms with E-state index >= 15 is 0 Å². The van der Waals surface area contributed by atoms with Gasteiger partial charge in [-0.3, -0.25) is 9.59 Å². The van der Waals surface area contributed by atoms with E-state index in [1.165, 1.54) is 11.3 Å². The SMILES string of the molecule is Cc1ccc(C(=O)CCC(=O)Cl)s1. The summed E-state index contributed by atoms with van der Waals surface area (Å²) in [4.78, 5) is 23.6. The van der Waals surface area contributed by atoms with Crippen molar-refractivity contribution < 1.29 is 9.59 Å². The molecule has 0 unspecified atom stereocenters. The molecule has 1 aromatic rings. The molecule has 2 nitrogen and oxygen atoms in total. The molecule has 70 valence electrons. The zero-order chi connectivity index (χ0) is 9.84. The fourth-order valence-electron chi connectivity index (χ4n) is 0.919. The van der Waals surface area contributed by atoms with Crippen LogP contribution >= 0.6 is 22.9 Å². The molecular formula is C9H9ClO2S. The number of ketones is 1. The van der Waals surface area contributed by atoms with Crippen molar-refractivity contribution in [3.05, 3.63) is 21.9 Å². The second-order valence-corrected chi connectivity index (χ2v) is 4.40. The van der Waals surface area contributed by atoms with Gasteiger partial charge in [-0.2, -0.15) is 0 Å². The third kappa shape index (κ3) is 3.28. The topological polar surface area (TPSA) is 34.1 Å². The Labute approximate surface area is 85.5 Å². The van der Waals surface area contributed by atoms with Crippen LogP contribution < -0.4 is 0 Å². The zero-order valence-corrected chi connectivity index (χ0v) is 8.74. The van der Waals surface area contributed by atoms with Gasteiger partial charge in [-0.15, -0.1) is 11.3 Å². The minimum absolute atomic E-state index is 0.00731. The van der Waals surface area contributed by atoms with E-state index in [1.807, 2.05) is 13.0 Å². The summed E-state index contributed by atoms with van der Waals surface area (Å²) in [5.74, 6) is -0.00731. The Balaban J connectivity index is 2.54. The lowest BCUT2D eigenvalue weighted by atomic mass is 10.2. The quantitative estimate of drug-likeness (QED) is 0.573. The van der Waals surface area contributed by atoms with E-state index in [0.717, 1.165) is 4.88 Å². The summed E-state index contributed by atoms with van der Waals surface area (Å²) in [6, 6.07) is 3.67. The van der Waals surface area contributed by atoms with Gasteiger partial charge in [0.15, 0.2) is 5.78 Å². The van der Waals surface area contributed by atoms with Crippen LogP contribution in [0.1, 0.15) is 27.4 Å². The molecule has 1 aromatic heterocycles. The number of thiophene rings is 1. The molecule has 1 rings (SSSR count). The standard InChI is InChI=1S/C9H9ClO2S/c1-6-2-4-8(13-6)7(11)3-5-9(10)12/h2,4H,3,5H2,1H3. The lowest BCUT2D eigenvalue weighted by molar-refractivity contribution is -0.111. The Morgan fingerprint density at radius 1 is 1.38 bits per heavy atom. The predicted molar refractivity (Wildman–Crippen MR) is 53.5 cm³/mol. The van der Waals surface area contributed by atoms with Crippen LogP contribution in [0.5, 0.6) is 0 Å². The molecule has 4 heteroatoms. The van der Waals surface area contributed by atoms with E-state index in [0.29, 0.717) is 4.88 Å². The molecule has 0 aliphatic rings. The van der Waals surface area contributed by atoms with Crippen molar-refractivity contribution in [3.63, 3.8) is 0 Å². The van der Waals surface area contributed by atoms with Gasteiger partial charge >= 0.3 is 0 Å². The van der Waals surface area contributed by atoms with E-state index < -0.39 is 5.24 Å². The number of hydrogen-bond donors (Lipinski definition) is 0. The summed E-state index contributed by atoms with van der Waals surface area (Å²) < 4.78 is 0. The molecule has 0 atom stereocenters. The molecular weight excluding hydrogens is 208 g/mol. The molecule has 0 radical (unpaired) electrons. The van der Waals surface area contributed by atoms with E-state index in [2.05, 4.69) is 0 Å². The minimum atomic E-state index is -0.457. The minimum Gasteiger partial charge on any atom is -0.293 e. The van der Waals surface area contributed by atoms with Crippen LogP contribution in [0.15, 0.2) is 12.1 Å². The molecule has 0 bridgehead atoms. The Kier molecular flexibility index (Phi) is 3.63. The van der Waals surface area contributed by atoms with Gasteiger partial charge in [0.05, 0.1) is 4.88 Å². The monoisotopic (exact) mass is 216 g/mol. The molecule has 13 heavy (non-hydrogen) atoms. The summed E-state index contributed by atoms with van der Waals surface area (Å²) in [6.07, 6.45) is 0.333. The molecule has 0 aromatic carbocycles. The first-order valence-electron chi connectivity index (χ1n) is 3.87. The van der Waals surface area contributed by atoms with Gasteiger partial charge in [-0.05, 0) is 30.7 Å². The van der Waals surface area contributed by atoms with Gasteiger partial charge < -0.3 is 0 Å². The smallest absolute Gasteiger partial charge is 0.222 e. The van der Waals surface area contributed by atoms with Crippen LogP contribution in [0.2, 0.25) is 0 Å². The van der Waals surface area contributed by atoms with Gasteiger partial charge in [-0.1, -0.05) is 0 Å². The molecule has 0 N–H and O–H groups in total. The normalized spacial score (nSPS) is 10.0. The number of hydrogen-bond acceptors (Lipinski definition) is 3. The maximum absolute atomic E-state index is 11.4. The van der Waals surface area contributed by atoms with E-state index in [1.54, 1.807) is 6.07 Å². The van der Waals surface area contributed by atoms with Crippen molar-refractivity contribution in [1.82, 2.24) is 0 Å². The summed E-state index contributed by atoms with van der Waals surface area (Å²) in [6.45, 7) is 1.94. The number of carbonyl (C=O) groups excluding carboxylic acids is 2. The molecule has 0 aliphatic heterocycles. The Bertz CT molecular complexity index is 330. The van der Waals surface area contributed by atoms with Crippen LogP contribution in [0, 0.1) is 6.92 Å². The fourth-order valence-corrected chi connectivity index (χ4v) is 1.85. The second-order valence-electron chi connectivity index (χ2n) is 2.69. The number of halogens is 1. The molecule has 0 amide bonds. The molecule has 0 spiro atoms. The zero-order valence-electron chi connectivity index (χ0n) is 7.17. The Morgan fingerprint density at radius 3 is 2.54 bits per heavy atom. The van der Waals surface area contributed by atoms with Crippen molar-refractivity contribution >= 4 is 34.0 Å². The Hall–Kier alpha value is -0.670. The van der Waals surface area contributed by atoms with Crippen molar-refractivity contribution in [1.29, 1.82) is 0 Å². The van der Waals surface area contributed by atoms with Gasteiger partial charge in [0.1, 0.15) is 0 Å². The highest BCUT2D eigenvalue weighted by atomic mass is 35.5. The highest BCUT2D eigenvalue weighted by molar-refractivity contribution is 7.14. The van der Waals surface area contributed by atoms with Crippen molar-refractivity contribution in [3.8, 4) is 0 Å². The van der Waals surface area contributed by atoms with Crippen molar-refractivity contribution in [2.45, 2.75) is 19.8 Å². The lowest BCUT2D eigenvalue weighted by Crippen LogP contribution is -1.98. The maximum atomic E-state index is 11.4. The second kappa shape index (κ2) is 4.53. The van der Waals surface area contributed by atoms with Crippen LogP contribution in [0.3, 0.4) is 0 Å². The molecule has 0 saturated carbocycles. The van der Waals surface area contributed by atoms with Crippen LogP contribution in [-0.4, -0.2) is 11.0 Å². The highest BCUT2D eigenvalue weighted by Gasteiger charge is 2.09. The fraction of sp³-hybridized carbons (Fsp3) is 0.333. The van der Waals surface area contributed by atoms with Crippen LogP contribution in [0.4, 0.5) is 0 Å². The first kappa shape index (κ1) is 10.4. The third-order valence-corrected chi connectivity index (χ3v) is 2.79. The highest BCUT2D eigenvalue weighted by Crippen LogP contribution is 2.17. The van der Waals surface area contributed by atoms with Gasteiger partial charge in [-0.25, -0.2) is 0 Å². The summed E-state index contributed by atoms with van der Waals surface area (Å²) >= 11 is 6.57. The molecule has 0 aliphatic carbocycles.